The summed E-state index contributed by atoms with van der Waals surface area (Å²) in [4.78, 5) is 2.35. The van der Waals surface area contributed by atoms with Crippen LogP contribution in [-0.2, 0) is 0 Å². The first kappa shape index (κ1) is 14.9. The Bertz CT molecular complexity index is 131. The van der Waals surface area contributed by atoms with Crippen molar-refractivity contribution < 1.29 is 5.11 Å². The SMILES string of the molecule is CCCCN(C)CC(CCO)NCCC. The van der Waals surface area contributed by atoms with Crippen LogP contribution >= 0.6 is 0 Å². The van der Waals surface area contributed by atoms with Gasteiger partial charge in [0.1, 0.15) is 0 Å². The summed E-state index contributed by atoms with van der Waals surface area (Å²) in [6, 6.07) is 0.441. The molecule has 0 aliphatic carbocycles. The van der Waals surface area contributed by atoms with Gasteiger partial charge in [-0.2, -0.15) is 0 Å². The normalized spacial score (nSPS) is 13.4. The van der Waals surface area contributed by atoms with Crippen molar-refractivity contribution in [2.45, 2.75) is 45.6 Å². The number of likely N-dealkylation sites (N-methyl/N-ethyl adjacent to an activating group) is 1. The maximum Gasteiger partial charge on any atom is 0.0446 e. The van der Waals surface area contributed by atoms with Crippen molar-refractivity contribution in [3.05, 3.63) is 0 Å². The van der Waals surface area contributed by atoms with Crippen LogP contribution in [0.2, 0.25) is 0 Å². The van der Waals surface area contributed by atoms with Crippen LogP contribution in [-0.4, -0.2) is 49.3 Å². The molecule has 0 amide bonds. The van der Waals surface area contributed by atoms with E-state index in [2.05, 4.69) is 31.1 Å². The van der Waals surface area contributed by atoms with Gasteiger partial charge in [0.25, 0.3) is 0 Å². The van der Waals surface area contributed by atoms with Gasteiger partial charge in [0.05, 0.1) is 0 Å². The molecule has 0 radical (unpaired) electrons. The van der Waals surface area contributed by atoms with Crippen molar-refractivity contribution in [3.63, 3.8) is 0 Å². The van der Waals surface area contributed by atoms with E-state index in [1.165, 1.54) is 12.8 Å². The highest BCUT2D eigenvalue weighted by atomic mass is 16.3. The molecule has 3 nitrogen and oxygen atoms in total. The minimum Gasteiger partial charge on any atom is -0.396 e. The van der Waals surface area contributed by atoms with Crippen molar-refractivity contribution in [1.82, 2.24) is 10.2 Å². The summed E-state index contributed by atoms with van der Waals surface area (Å²) in [7, 11) is 2.16. The Balaban J connectivity index is 3.70. The Morgan fingerprint density at radius 1 is 1.27 bits per heavy atom. The lowest BCUT2D eigenvalue weighted by Gasteiger charge is -2.24. The average Bonchev–Trinajstić information content (AvgIpc) is 2.23. The van der Waals surface area contributed by atoms with Crippen LogP contribution in [0, 0.1) is 0 Å². The highest BCUT2D eigenvalue weighted by Crippen LogP contribution is 1.98. The molecule has 0 aromatic rings. The average molecular weight is 216 g/mol. The minimum absolute atomic E-state index is 0.281. The lowest BCUT2D eigenvalue weighted by Crippen LogP contribution is -2.40. The van der Waals surface area contributed by atoms with Crippen molar-refractivity contribution in [2.75, 3.05) is 33.3 Å². The zero-order chi connectivity index (χ0) is 11.5. The van der Waals surface area contributed by atoms with Crippen molar-refractivity contribution >= 4 is 0 Å². The van der Waals surface area contributed by atoms with Gasteiger partial charge in [0.2, 0.25) is 0 Å². The molecule has 1 atom stereocenters. The van der Waals surface area contributed by atoms with E-state index in [0.717, 1.165) is 32.5 Å². The van der Waals surface area contributed by atoms with E-state index in [0.29, 0.717) is 6.04 Å². The van der Waals surface area contributed by atoms with Crippen molar-refractivity contribution in [2.24, 2.45) is 0 Å². The maximum atomic E-state index is 8.97. The molecule has 0 saturated heterocycles. The molecule has 0 rings (SSSR count). The molecule has 92 valence electrons. The molecule has 3 heteroatoms. The molecular weight excluding hydrogens is 188 g/mol. The topological polar surface area (TPSA) is 35.5 Å². The monoisotopic (exact) mass is 216 g/mol. The summed E-state index contributed by atoms with van der Waals surface area (Å²) in [5, 5.41) is 12.4. The predicted molar refractivity (Wildman–Crippen MR) is 66.2 cm³/mol. The van der Waals surface area contributed by atoms with Gasteiger partial charge in [0.15, 0.2) is 0 Å². The molecule has 0 spiro atoms. The highest BCUT2D eigenvalue weighted by molar-refractivity contribution is 4.70. The maximum absolute atomic E-state index is 8.97. The molecule has 0 saturated carbocycles. The van der Waals surface area contributed by atoms with E-state index in [4.69, 9.17) is 5.11 Å². The lowest BCUT2D eigenvalue weighted by atomic mass is 10.2. The summed E-state index contributed by atoms with van der Waals surface area (Å²) >= 11 is 0. The quantitative estimate of drug-likeness (QED) is 0.580. The number of aliphatic hydroxyl groups is 1. The fourth-order valence-corrected chi connectivity index (χ4v) is 1.66. The first-order valence-electron chi connectivity index (χ1n) is 6.27. The van der Waals surface area contributed by atoms with Gasteiger partial charge in [-0.05, 0) is 39.4 Å². The Labute approximate surface area is 94.9 Å². The zero-order valence-corrected chi connectivity index (χ0v) is 10.6. The number of nitrogens with one attached hydrogen (secondary N) is 1. The van der Waals surface area contributed by atoms with Crippen LogP contribution in [0.25, 0.3) is 0 Å². The third kappa shape index (κ3) is 8.85. The molecule has 0 heterocycles. The Kier molecular flexibility index (Phi) is 10.3. The second-order valence-electron chi connectivity index (χ2n) is 4.28. The summed E-state index contributed by atoms with van der Waals surface area (Å²) in [5.41, 5.74) is 0. The minimum atomic E-state index is 0.281. The van der Waals surface area contributed by atoms with Crippen LogP contribution in [0.1, 0.15) is 39.5 Å². The molecule has 0 aromatic carbocycles. The smallest absolute Gasteiger partial charge is 0.0446 e. The molecular formula is C12H28N2O. The van der Waals surface area contributed by atoms with Gasteiger partial charge in [0, 0.05) is 19.2 Å². The van der Waals surface area contributed by atoms with Crippen molar-refractivity contribution in [3.8, 4) is 0 Å². The van der Waals surface area contributed by atoms with E-state index in [1.54, 1.807) is 0 Å². The molecule has 1 unspecified atom stereocenters. The first-order valence-corrected chi connectivity index (χ1v) is 6.27. The fourth-order valence-electron chi connectivity index (χ4n) is 1.66. The van der Waals surface area contributed by atoms with Gasteiger partial charge in [-0.25, -0.2) is 0 Å². The Hall–Kier alpha value is -0.120. The Morgan fingerprint density at radius 2 is 2.00 bits per heavy atom. The molecule has 0 bridgehead atoms. The Morgan fingerprint density at radius 3 is 2.53 bits per heavy atom. The van der Waals surface area contributed by atoms with Gasteiger partial charge in [-0.1, -0.05) is 20.3 Å². The summed E-state index contributed by atoms with van der Waals surface area (Å²) in [5.74, 6) is 0. The van der Waals surface area contributed by atoms with Crippen LogP contribution in [0.3, 0.4) is 0 Å². The lowest BCUT2D eigenvalue weighted by molar-refractivity contribution is 0.227. The highest BCUT2D eigenvalue weighted by Gasteiger charge is 2.09. The standard InChI is InChI=1S/C12H28N2O/c1-4-6-9-14(3)11-12(7-10-15)13-8-5-2/h12-13,15H,4-11H2,1-3H3. The van der Waals surface area contributed by atoms with Gasteiger partial charge < -0.3 is 15.3 Å². The fraction of sp³-hybridized carbons (Fsp3) is 1.00. The molecule has 0 fully saturated rings. The first-order chi connectivity index (χ1) is 7.24. The van der Waals surface area contributed by atoms with Gasteiger partial charge in [-0.3, -0.25) is 0 Å². The van der Waals surface area contributed by atoms with E-state index in [1.807, 2.05) is 0 Å². The summed E-state index contributed by atoms with van der Waals surface area (Å²) in [6.45, 7) is 7.92. The number of aliphatic hydroxyl groups excluding tert-OH is 1. The van der Waals surface area contributed by atoms with Gasteiger partial charge >= 0.3 is 0 Å². The van der Waals surface area contributed by atoms with E-state index >= 15 is 0 Å². The molecule has 2 N–H and O–H groups in total. The number of nitrogens with zero attached hydrogens (tertiary/aromatic N) is 1. The third-order valence-corrected chi connectivity index (χ3v) is 2.59. The van der Waals surface area contributed by atoms with Crippen LogP contribution in [0.5, 0.6) is 0 Å². The number of rotatable bonds is 10. The van der Waals surface area contributed by atoms with Crippen LogP contribution in [0.15, 0.2) is 0 Å². The number of hydrogen-bond acceptors (Lipinski definition) is 3. The van der Waals surface area contributed by atoms with Gasteiger partial charge in [-0.15, -0.1) is 0 Å². The van der Waals surface area contributed by atoms with E-state index in [9.17, 15) is 0 Å². The largest absolute Gasteiger partial charge is 0.396 e. The molecule has 0 aliphatic rings. The summed E-state index contributed by atoms with van der Waals surface area (Å²) in [6.07, 6.45) is 4.52. The molecule has 15 heavy (non-hydrogen) atoms. The predicted octanol–water partition coefficient (Wildman–Crippen LogP) is 1.47. The van der Waals surface area contributed by atoms with Crippen molar-refractivity contribution in [1.29, 1.82) is 0 Å². The zero-order valence-electron chi connectivity index (χ0n) is 10.6. The molecule has 0 aliphatic heterocycles. The van der Waals surface area contributed by atoms with E-state index < -0.39 is 0 Å². The van der Waals surface area contributed by atoms with E-state index in [-0.39, 0.29) is 6.61 Å². The number of hydrogen-bond donors (Lipinski definition) is 2. The molecule has 0 aromatic heterocycles. The second kappa shape index (κ2) is 10.4. The van der Waals surface area contributed by atoms with Crippen LogP contribution < -0.4 is 5.32 Å². The second-order valence-corrected chi connectivity index (χ2v) is 4.28. The van der Waals surface area contributed by atoms with Crippen LogP contribution in [0.4, 0.5) is 0 Å². The third-order valence-electron chi connectivity index (χ3n) is 2.59. The number of unbranched alkanes of at least 4 members (excludes halogenated alkanes) is 1. The summed E-state index contributed by atoms with van der Waals surface area (Å²) < 4.78 is 0.